The van der Waals surface area contributed by atoms with E-state index < -0.39 is 12.4 Å². The predicted molar refractivity (Wildman–Crippen MR) is 82.9 cm³/mol. The molecule has 1 saturated carbocycles. The molecule has 3 atom stereocenters. The van der Waals surface area contributed by atoms with Crippen LogP contribution in [0.2, 0.25) is 0 Å². The van der Waals surface area contributed by atoms with Crippen LogP contribution < -0.4 is 15.4 Å². The highest BCUT2D eigenvalue weighted by molar-refractivity contribution is 5.89. The van der Waals surface area contributed by atoms with E-state index in [2.05, 4.69) is 15.4 Å². The molecule has 0 radical (unpaired) electrons. The predicted octanol–water partition coefficient (Wildman–Crippen LogP) is 2.57. The summed E-state index contributed by atoms with van der Waals surface area (Å²) in [6.07, 6.45) is -4.27. The summed E-state index contributed by atoms with van der Waals surface area (Å²) in [6, 6.07) is 4.53. The zero-order chi connectivity index (χ0) is 18.2. The van der Waals surface area contributed by atoms with Crippen molar-refractivity contribution in [2.24, 2.45) is 11.8 Å². The van der Waals surface area contributed by atoms with Gasteiger partial charge in [0.2, 0.25) is 5.91 Å². The molecule has 1 heterocycles. The Balaban J connectivity index is 1.45. The Hall–Kier alpha value is -2.45. The van der Waals surface area contributed by atoms with Crippen molar-refractivity contribution in [3.8, 4) is 5.75 Å². The summed E-state index contributed by atoms with van der Waals surface area (Å²) >= 11 is 0. The van der Waals surface area contributed by atoms with Gasteiger partial charge in [-0.05, 0) is 24.3 Å². The number of urea groups is 1. The summed E-state index contributed by atoms with van der Waals surface area (Å²) in [4.78, 5) is 25.4. The normalized spacial score (nSPS) is 24.5. The molecular formula is C16H18F3N3O3. The number of halogens is 3. The number of amides is 3. The van der Waals surface area contributed by atoms with Crippen molar-refractivity contribution in [1.82, 2.24) is 10.2 Å². The molecule has 1 aromatic carbocycles. The van der Waals surface area contributed by atoms with E-state index in [-0.39, 0.29) is 29.5 Å². The second kappa shape index (κ2) is 6.45. The number of benzene rings is 1. The minimum absolute atomic E-state index is 0.0359. The molecule has 25 heavy (non-hydrogen) atoms. The number of carbonyl (C=O) groups is 2. The second-order valence-corrected chi connectivity index (χ2v) is 6.18. The molecule has 1 unspecified atom stereocenters. The molecule has 1 aliphatic carbocycles. The fourth-order valence-corrected chi connectivity index (χ4v) is 3.23. The van der Waals surface area contributed by atoms with Gasteiger partial charge in [-0.1, -0.05) is 6.92 Å². The maximum Gasteiger partial charge on any atom is 0.573 e. The maximum absolute atomic E-state index is 12.1. The first-order valence-corrected chi connectivity index (χ1v) is 7.98. The van der Waals surface area contributed by atoms with Gasteiger partial charge in [-0.25, -0.2) is 4.79 Å². The van der Waals surface area contributed by atoms with E-state index in [0.29, 0.717) is 25.2 Å². The second-order valence-electron chi connectivity index (χ2n) is 6.18. The number of hydrogen-bond acceptors (Lipinski definition) is 3. The molecule has 0 bridgehead atoms. The van der Waals surface area contributed by atoms with Gasteiger partial charge in [0.25, 0.3) is 0 Å². The fourth-order valence-electron chi connectivity index (χ4n) is 3.23. The number of rotatable bonds is 4. The molecule has 0 aromatic heterocycles. The van der Waals surface area contributed by atoms with Gasteiger partial charge in [-0.3, -0.25) is 4.79 Å². The van der Waals surface area contributed by atoms with E-state index in [9.17, 15) is 22.8 Å². The zero-order valence-electron chi connectivity index (χ0n) is 13.5. The first kappa shape index (κ1) is 17.4. The minimum Gasteiger partial charge on any atom is -0.406 e. The molecule has 2 fully saturated rings. The van der Waals surface area contributed by atoms with E-state index in [1.54, 1.807) is 0 Å². The highest BCUT2D eigenvalue weighted by Gasteiger charge is 2.57. The number of carbonyl (C=O) groups excluding carboxylic acids is 2. The standard InChI is InChI=1S/C16H18F3N3O3/c1-2-13(23)22-7-11-12(8-22)14(11)21-15(24)20-9-3-5-10(6-4-9)25-16(17,18)19/h3-6,11-12,14H,2,7-8H2,1H3,(H2,20,21,24)/t11-,12+,14?. The van der Waals surface area contributed by atoms with Crippen LogP contribution in [0.25, 0.3) is 0 Å². The number of alkyl halides is 3. The summed E-state index contributed by atoms with van der Waals surface area (Å²) in [5.74, 6) is 0.333. The minimum atomic E-state index is -4.75. The van der Waals surface area contributed by atoms with Crippen LogP contribution in [0.5, 0.6) is 5.75 Å². The Morgan fingerprint density at radius 1 is 1.20 bits per heavy atom. The summed E-state index contributed by atoms with van der Waals surface area (Å²) in [6.45, 7) is 3.14. The lowest BCUT2D eigenvalue weighted by atomic mass is 10.3. The number of anilines is 1. The topological polar surface area (TPSA) is 70.7 Å². The highest BCUT2D eigenvalue weighted by atomic mass is 19.4. The summed E-state index contributed by atoms with van der Waals surface area (Å²) in [5.41, 5.74) is 0.362. The van der Waals surface area contributed by atoms with Gasteiger partial charge in [0.15, 0.2) is 0 Å². The molecular weight excluding hydrogens is 339 g/mol. The number of nitrogens with zero attached hydrogens (tertiary/aromatic N) is 1. The van der Waals surface area contributed by atoms with Crippen LogP contribution in [0.3, 0.4) is 0 Å². The molecule has 1 aromatic rings. The number of likely N-dealkylation sites (tertiary alicyclic amines) is 1. The van der Waals surface area contributed by atoms with E-state index in [4.69, 9.17) is 0 Å². The molecule has 2 N–H and O–H groups in total. The Morgan fingerprint density at radius 2 is 1.80 bits per heavy atom. The average Bonchev–Trinajstić information content (AvgIpc) is 2.97. The number of nitrogens with one attached hydrogen (secondary N) is 2. The van der Waals surface area contributed by atoms with Crippen molar-refractivity contribution >= 4 is 17.6 Å². The van der Waals surface area contributed by atoms with Crippen molar-refractivity contribution in [2.75, 3.05) is 18.4 Å². The fraction of sp³-hybridized carbons (Fsp3) is 0.500. The molecule has 3 rings (SSSR count). The van der Waals surface area contributed by atoms with Crippen molar-refractivity contribution < 1.29 is 27.5 Å². The summed E-state index contributed by atoms with van der Waals surface area (Å²) < 4.78 is 40.0. The monoisotopic (exact) mass is 357 g/mol. The van der Waals surface area contributed by atoms with Gasteiger partial charge in [0.1, 0.15) is 5.75 Å². The van der Waals surface area contributed by atoms with Crippen molar-refractivity contribution in [3.05, 3.63) is 24.3 Å². The number of fused-ring (bicyclic) bond motifs is 1. The first-order chi connectivity index (χ1) is 11.8. The van der Waals surface area contributed by atoms with Crippen molar-refractivity contribution in [1.29, 1.82) is 0 Å². The van der Waals surface area contributed by atoms with Crippen LogP contribution in [-0.2, 0) is 4.79 Å². The maximum atomic E-state index is 12.1. The lowest BCUT2D eigenvalue weighted by Gasteiger charge is -2.19. The van der Waals surface area contributed by atoms with E-state index >= 15 is 0 Å². The van der Waals surface area contributed by atoms with Crippen LogP contribution in [0.4, 0.5) is 23.7 Å². The Labute approximate surface area is 142 Å². The Bertz CT molecular complexity index is 651. The van der Waals surface area contributed by atoms with Crippen molar-refractivity contribution in [3.63, 3.8) is 0 Å². The van der Waals surface area contributed by atoms with E-state index in [0.717, 1.165) is 12.1 Å². The molecule has 6 nitrogen and oxygen atoms in total. The number of piperidine rings is 1. The average molecular weight is 357 g/mol. The smallest absolute Gasteiger partial charge is 0.406 e. The van der Waals surface area contributed by atoms with Gasteiger partial charge in [-0.15, -0.1) is 13.2 Å². The third kappa shape index (κ3) is 4.15. The van der Waals surface area contributed by atoms with Crippen molar-refractivity contribution in [2.45, 2.75) is 25.7 Å². The SMILES string of the molecule is CCC(=O)N1C[C@@H]2C(NC(=O)Nc3ccc(OC(F)(F)F)cc3)[C@@H]2C1. The quantitative estimate of drug-likeness (QED) is 0.870. The molecule has 9 heteroatoms. The van der Waals surface area contributed by atoms with Crippen LogP contribution in [0.15, 0.2) is 24.3 Å². The van der Waals surface area contributed by atoms with E-state index in [1.165, 1.54) is 12.1 Å². The third-order valence-electron chi connectivity index (χ3n) is 4.49. The van der Waals surface area contributed by atoms with Crippen LogP contribution in [-0.4, -0.2) is 42.3 Å². The lowest BCUT2D eigenvalue weighted by Crippen LogP contribution is -2.38. The van der Waals surface area contributed by atoms with Crippen LogP contribution >= 0.6 is 0 Å². The highest BCUT2D eigenvalue weighted by Crippen LogP contribution is 2.45. The largest absolute Gasteiger partial charge is 0.573 e. The summed E-state index contributed by atoms with van der Waals surface area (Å²) in [5, 5.41) is 5.41. The van der Waals surface area contributed by atoms with Gasteiger partial charge < -0.3 is 20.3 Å². The molecule has 0 spiro atoms. The van der Waals surface area contributed by atoms with Gasteiger partial charge >= 0.3 is 12.4 Å². The third-order valence-corrected chi connectivity index (χ3v) is 4.49. The summed E-state index contributed by atoms with van der Waals surface area (Å²) in [7, 11) is 0. The molecule has 136 valence electrons. The number of hydrogen-bond donors (Lipinski definition) is 2. The van der Waals surface area contributed by atoms with Gasteiger partial charge in [0.05, 0.1) is 0 Å². The molecule has 3 amide bonds. The van der Waals surface area contributed by atoms with Crippen LogP contribution in [0, 0.1) is 11.8 Å². The van der Waals surface area contributed by atoms with Gasteiger partial charge in [0, 0.05) is 43.1 Å². The number of ether oxygens (including phenoxy) is 1. The molecule has 1 aliphatic heterocycles. The zero-order valence-corrected chi connectivity index (χ0v) is 13.5. The molecule has 1 saturated heterocycles. The first-order valence-electron chi connectivity index (χ1n) is 7.98. The molecule has 2 aliphatic rings. The van der Waals surface area contributed by atoms with Gasteiger partial charge in [-0.2, -0.15) is 0 Å². The van der Waals surface area contributed by atoms with E-state index in [1.807, 2.05) is 11.8 Å². The van der Waals surface area contributed by atoms with Crippen LogP contribution in [0.1, 0.15) is 13.3 Å². The Kier molecular flexibility index (Phi) is 4.49. The Morgan fingerprint density at radius 3 is 2.32 bits per heavy atom. The lowest BCUT2D eigenvalue weighted by molar-refractivity contribution is -0.274.